The highest BCUT2D eigenvalue weighted by Gasteiger charge is 2.65. The molecule has 0 bridgehead atoms. The van der Waals surface area contributed by atoms with Crippen molar-refractivity contribution in [2.24, 2.45) is 17.3 Å². The summed E-state index contributed by atoms with van der Waals surface area (Å²) < 4.78 is 0. The predicted octanol–water partition coefficient (Wildman–Crippen LogP) is 1.85. The molecule has 1 aromatic rings. The van der Waals surface area contributed by atoms with E-state index in [4.69, 9.17) is 10.4 Å². The SMILES string of the molecule is CC1(C)[C@H](C(=O)O)[C@@H]1C(=O)Nc1ccc(C#N)cc1. The second kappa shape index (κ2) is 4.39. The molecule has 1 fully saturated rings. The van der Waals surface area contributed by atoms with Crippen LogP contribution in [0.2, 0.25) is 0 Å². The zero-order valence-electron chi connectivity index (χ0n) is 10.7. The smallest absolute Gasteiger partial charge is 0.307 e. The van der Waals surface area contributed by atoms with E-state index in [9.17, 15) is 9.59 Å². The Morgan fingerprint density at radius 3 is 2.26 bits per heavy atom. The van der Waals surface area contributed by atoms with E-state index in [1.54, 1.807) is 38.1 Å². The van der Waals surface area contributed by atoms with Gasteiger partial charge in [0, 0.05) is 5.69 Å². The van der Waals surface area contributed by atoms with Crippen LogP contribution in [-0.4, -0.2) is 17.0 Å². The van der Waals surface area contributed by atoms with Gasteiger partial charge in [-0.15, -0.1) is 0 Å². The zero-order valence-corrected chi connectivity index (χ0v) is 10.7. The second-order valence-electron chi connectivity index (χ2n) is 5.29. The summed E-state index contributed by atoms with van der Waals surface area (Å²) in [5.41, 5.74) is 0.562. The second-order valence-corrected chi connectivity index (χ2v) is 5.29. The molecule has 2 atom stereocenters. The van der Waals surface area contributed by atoms with Gasteiger partial charge in [0.1, 0.15) is 0 Å². The number of aliphatic carboxylic acids is 1. The lowest BCUT2D eigenvalue weighted by atomic mass is 10.1. The summed E-state index contributed by atoms with van der Waals surface area (Å²) in [6.07, 6.45) is 0. The van der Waals surface area contributed by atoms with E-state index < -0.39 is 23.2 Å². The minimum absolute atomic E-state index is 0.290. The molecule has 98 valence electrons. The average molecular weight is 258 g/mol. The molecule has 0 heterocycles. The van der Waals surface area contributed by atoms with Gasteiger partial charge in [-0.05, 0) is 29.7 Å². The van der Waals surface area contributed by atoms with Crippen LogP contribution in [0, 0.1) is 28.6 Å². The van der Waals surface area contributed by atoms with Crippen LogP contribution in [0.4, 0.5) is 5.69 Å². The summed E-state index contributed by atoms with van der Waals surface area (Å²) in [4.78, 5) is 23.0. The highest BCUT2D eigenvalue weighted by Crippen LogP contribution is 2.58. The van der Waals surface area contributed by atoms with Crippen molar-refractivity contribution in [1.82, 2.24) is 0 Å². The van der Waals surface area contributed by atoms with E-state index in [1.807, 2.05) is 6.07 Å². The molecule has 2 N–H and O–H groups in total. The van der Waals surface area contributed by atoms with Crippen LogP contribution in [0.1, 0.15) is 19.4 Å². The fraction of sp³-hybridized carbons (Fsp3) is 0.357. The molecule has 0 saturated heterocycles. The fourth-order valence-electron chi connectivity index (χ4n) is 2.44. The lowest BCUT2D eigenvalue weighted by Gasteiger charge is -2.05. The van der Waals surface area contributed by atoms with Crippen LogP contribution in [0.3, 0.4) is 0 Å². The number of carboxylic acids is 1. The van der Waals surface area contributed by atoms with E-state index in [1.165, 1.54) is 0 Å². The number of nitrogens with zero attached hydrogens (tertiary/aromatic N) is 1. The van der Waals surface area contributed by atoms with E-state index in [-0.39, 0.29) is 5.91 Å². The first-order valence-electron chi connectivity index (χ1n) is 5.91. The molecule has 0 unspecified atom stereocenters. The Hall–Kier alpha value is -2.35. The molecule has 0 radical (unpaired) electrons. The van der Waals surface area contributed by atoms with Gasteiger partial charge in [-0.2, -0.15) is 5.26 Å². The van der Waals surface area contributed by atoms with Gasteiger partial charge >= 0.3 is 5.97 Å². The molecule has 5 nitrogen and oxygen atoms in total. The van der Waals surface area contributed by atoms with Crippen LogP contribution < -0.4 is 5.32 Å². The quantitative estimate of drug-likeness (QED) is 0.865. The number of carbonyl (C=O) groups excluding carboxylic acids is 1. The monoisotopic (exact) mass is 258 g/mol. The minimum Gasteiger partial charge on any atom is -0.481 e. The first-order chi connectivity index (χ1) is 8.87. The number of amides is 1. The third kappa shape index (κ3) is 2.29. The molecule has 0 aliphatic heterocycles. The van der Waals surface area contributed by atoms with E-state index >= 15 is 0 Å². The van der Waals surface area contributed by atoms with Gasteiger partial charge < -0.3 is 10.4 Å². The predicted molar refractivity (Wildman–Crippen MR) is 68.2 cm³/mol. The molecule has 2 rings (SSSR count). The summed E-state index contributed by atoms with van der Waals surface area (Å²) in [6, 6.07) is 8.44. The van der Waals surface area contributed by atoms with Crippen molar-refractivity contribution in [3.05, 3.63) is 29.8 Å². The van der Waals surface area contributed by atoms with Gasteiger partial charge in [-0.3, -0.25) is 9.59 Å². The van der Waals surface area contributed by atoms with Crippen molar-refractivity contribution in [2.45, 2.75) is 13.8 Å². The molecule has 1 aliphatic rings. The third-order valence-electron chi connectivity index (χ3n) is 3.66. The highest BCUT2D eigenvalue weighted by atomic mass is 16.4. The number of anilines is 1. The van der Waals surface area contributed by atoms with Crippen LogP contribution in [0.5, 0.6) is 0 Å². The number of carboxylic acid groups (broad SMARTS) is 1. The first-order valence-corrected chi connectivity index (χ1v) is 5.91. The van der Waals surface area contributed by atoms with Crippen LogP contribution in [-0.2, 0) is 9.59 Å². The number of benzene rings is 1. The van der Waals surface area contributed by atoms with Crippen molar-refractivity contribution in [1.29, 1.82) is 5.26 Å². The van der Waals surface area contributed by atoms with Gasteiger partial charge in [-0.25, -0.2) is 0 Å². The number of carbonyl (C=O) groups is 2. The Kier molecular flexibility index (Phi) is 3.03. The molecule has 19 heavy (non-hydrogen) atoms. The largest absolute Gasteiger partial charge is 0.481 e. The highest BCUT2D eigenvalue weighted by molar-refractivity contribution is 5.99. The number of nitrogens with one attached hydrogen (secondary N) is 1. The standard InChI is InChI=1S/C14H14N2O3/c1-14(2)10(11(14)13(18)19)12(17)16-9-5-3-8(7-15)4-6-9/h3-6,10-11H,1-2H3,(H,16,17)(H,18,19)/t10-,11+/m1/s1. The number of hydrogen-bond acceptors (Lipinski definition) is 3. The summed E-state index contributed by atoms with van der Waals surface area (Å²) in [5.74, 6) is -2.38. The molecule has 0 spiro atoms. The van der Waals surface area contributed by atoms with Crippen molar-refractivity contribution >= 4 is 17.6 Å². The van der Waals surface area contributed by atoms with E-state index in [0.29, 0.717) is 11.3 Å². The van der Waals surface area contributed by atoms with Gasteiger partial charge in [-0.1, -0.05) is 13.8 Å². The maximum atomic E-state index is 12.0. The number of nitriles is 1. The van der Waals surface area contributed by atoms with Crippen molar-refractivity contribution in [3.63, 3.8) is 0 Å². The first kappa shape index (κ1) is 13.1. The molecule has 5 heteroatoms. The molecular weight excluding hydrogens is 244 g/mol. The van der Waals surface area contributed by atoms with E-state index in [2.05, 4.69) is 5.32 Å². The molecular formula is C14H14N2O3. The van der Waals surface area contributed by atoms with Gasteiger partial charge in [0.15, 0.2) is 0 Å². The lowest BCUT2D eigenvalue weighted by molar-refractivity contribution is -0.140. The topological polar surface area (TPSA) is 90.2 Å². The van der Waals surface area contributed by atoms with Gasteiger partial charge in [0.25, 0.3) is 0 Å². The van der Waals surface area contributed by atoms with Crippen LogP contribution >= 0.6 is 0 Å². The Morgan fingerprint density at radius 1 is 1.26 bits per heavy atom. The van der Waals surface area contributed by atoms with E-state index in [0.717, 1.165) is 0 Å². The number of hydrogen-bond donors (Lipinski definition) is 2. The summed E-state index contributed by atoms with van der Waals surface area (Å²) in [5, 5.41) is 20.4. The van der Waals surface area contributed by atoms with Gasteiger partial charge in [0.2, 0.25) is 5.91 Å². The Balaban J connectivity index is 2.06. The fourth-order valence-corrected chi connectivity index (χ4v) is 2.44. The van der Waals surface area contributed by atoms with Crippen molar-refractivity contribution < 1.29 is 14.7 Å². The van der Waals surface area contributed by atoms with Crippen LogP contribution in [0.15, 0.2) is 24.3 Å². The van der Waals surface area contributed by atoms with Crippen molar-refractivity contribution in [2.75, 3.05) is 5.32 Å². The Bertz CT molecular complexity index is 569. The maximum Gasteiger partial charge on any atom is 0.307 e. The Labute approximate surface area is 110 Å². The average Bonchev–Trinajstić information content (AvgIpc) is 2.93. The van der Waals surface area contributed by atoms with Crippen molar-refractivity contribution in [3.8, 4) is 6.07 Å². The van der Waals surface area contributed by atoms with Crippen LogP contribution in [0.25, 0.3) is 0 Å². The molecule has 1 amide bonds. The molecule has 1 saturated carbocycles. The Morgan fingerprint density at radius 2 is 1.84 bits per heavy atom. The minimum atomic E-state index is -0.940. The summed E-state index contributed by atoms with van der Waals surface area (Å²) >= 11 is 0. The summed E-state index contributed by atoms with van der Waals surface area (Å²) in [6.45, 7) is 3.55. The number of rotatable bonds is 3. The maximum absolute atomic E-state index is 12.0. The normalized spacial score (nSPS) is 23.2. The lowest BCUT2D eigenvalue weighted by Crippen LogP contribution is -2.17. The zero-order chi connectivity index (χ0) is 14.2. The summed E-state index contributed by atoms with van der Waals surface area (Å²) in [7, 11) is 0. The van der Waals surface area contributed by atoms with Gasteiger partial charge in [0.05, 0.1) is 23.5 Å². The molecule has 1 aliphatic carbocycles. The molecule has 0 aromatic heterocycles. The molecule has 1 aromatic carbocycles. The third-order valence-corrected chi connectivity index (χ3v) is 3.66.